The minimum atomic E-state index is -0.633. The smallest absolute Gasteiger partial charge is 0.128 e. The van der Waals surface area contributed by atoms with Crippen LogP contribution in [-0.2, 0) is 12.8 Å². The van der Waals surface area contributed by atoms with Crippen molar-refractivity contribution in [1.29, 1.82) is 0 Å². The van der Waals surface area contributed by atoms with Crippen LogP contribution in [0.15, 0.2) is 24.3 Å². The van der Waals surface area contributed by atoms with Crippen LogP contribution in [0, 0.1) is 0 Å². The van der Waals surface area contributed by atoms with E-state index in [0.717, 1.165) is 29.0 Å². The Balaban J connectivity index is 1.94. The molecule has 0 saturated heterocycles. The van der Waals surface area contributed by atoms with E-state index in [9.17, 15) is 5.11 Å². The van der Waals surface area contributed by atoms with E-state index in [2.05, 4.69) is 6.07 Å². The summed E-state index contributed by atoms with van der Waals surface area (Å²) in [6.45, 7) is 0. The molecule has 0 amide bonds. The maximum absolute atomic E-state index is 10.6. The Morgan fingerprint density at radius 1 is 1.15 bits per heavy atom. The average Bonchev–Trinajstić information content (AvgIpc) is 3.07. The zero-order valence-corrected chi connectivity index (χ0v) is 12.5. The van der Waals surface area contributed by atoms with Crippen molar-refractivity contribution < 1.29 is 14.6 Å². The Kier molecular flexibility index (Phi) is 3.68. The van der Waals surface area contributed by atoms with E-state index in [1.165, 1.54) is 16.9 Å². The fraction of sp³-hybridized carbons (Fsp3) is 0.375. The molecule has 106 valence electrons. The monoisotopic (exact) mass is 290 g/mol. The summed E-state index contributed by atoms with van der Waals surface area (Å²) in [5, 5.41) is 10.6. The molecule has 1 aliphatic rings. The molecule has 3 nitrogen and oxygen atoms in total. The fourth-order valence-corrected chi connectivity index (χ4v) is 3.95. The van der Waals surface area contributed by atoms with Crippen molar-refractivity contribution >= 4 is 11.3 Å². The highest BCUT2D eigenvalue weighted by atomic mass is 32.1. The largest absolute Gasteiger partial charge is 0.497 e. The summed E-state index contributed by atoms with van der Waals surface area (Å²) in [5.41, 5.74) is 2.18. The van der Waals surface area contributed by atoms with Gasteiger partial charge in [0.2, 0.25) is 0 Å². The molecule has 1 aromatic heterocycles. The zero-order valence-electron chi connectivity index (χ0n) is 11.7. The zero-order chi connectivity index (χ0) is 14.1. The van der Waals surface area contributed by atoms with Gasteiger partial charge in [-0.05, 0) is 43.0 Å². The van der Waals surface area contributed by atoms with Gasteiger partial charge >= 0.3 is 0 Å². The van der Waals surface area contributed by atoms with Gasteiger partial charge in [-0.2, -0.15) is 0 Å². The second kappa shape index (κ2) is 5.46. The highest BCUT2D eigenvalue weighted by Crippen LogP contribution is 2.39. The normalized spacial score (nSPS) is 14.9. The van der Waals surface area contributed by atoms with E-state index in [0.29, 0.717) is 5.75 Å². The third kappa shape index (κ3) is 2.30. The number of aryl methyl sites for hydroxylation is 2. The number of benzene rings is 1. The number of aliphatic hydroxyl groups is 1. The molecule has 0 saturated carbocycles. The maximum atomic E-state index is 10.6. The topological polar surface area (TPSA) is 38.7 Å². The van der Waals surface area contributed by atoms with Gasteiger partial charge in [0.15, 0.2) is 0 Å². The summed E-state index contributed by atoms with van der Waals surface area (Å²) >= 11 is 1.72. The number of thiophene rings is 1. The SMILES string of the molecule is COc1ccc(C(O)c2cc3c(s2)CCC3)c(OC)c1. The molecule has 2 aromatic rings. The summed E-state index contributed by atoms with van der Waals surface area (Å²) < 4.78 is 10.6. The van der Waals surface area contributed by atoms with Gasteiger partial charge in [0.05, 0.1) is 14.2 Å². The summed E-state index contributed by atoms with van der Waals surface area (Å²) in [7, 11) is 3.23. The number of methoxy groups -OCH3 is 2. The van der Waals surface area contributed by atoms with Gasteiger partial charge in [-0.3, -0.25) is 0 Å². The average molecular weight is 290 g/mol. The lowest BCUT2D eigenvalue weighted by Crippen LogP contribution is -2.01. The third-order valence-corrected chi connectivity index (χ3v) is 5.06. The van der Waals surface area contributed by atoms with E-state index in [1.54, 1.807) is 31.6 Å². The Bertz CT molecular complexity index is 597. The Morgan fingerprint density at radius 3 is 2.70 bits per heavy atom. The minimum absolute atomic E-state index is 0.633. The van der Waals surface area contributed by atoms with Crippen molar-refractivity contribution in [2.75, 3.05) is 14.2 Å². The molecule has 1 heterocycles. The quantitative estimate of drug-likeness (QED) is 0.938. The maximum Gasteiger partial charge on any atom is 0.128 e. The van der Waals surface area contributed by atoms with E-state index in [1.807, 2.05) is 12.1 Å². The molecule has 4 heteroatoms. The molecule has 0 bridgehead atoms. The first-order chi connectivity index (χ1) is 9.72. The highest BCUT2D eigenvalue weighted by Gasteiger charge is 2.22. The van der Waals surface area contributed by atoms with E-state index < -0.39 is 6.10 Å². The lowest BCUT2D eigenvalue weighted by Gasteiger charge is -2.14. The number of hydrogen-bond acceptors (Lipinski definition) is 4. The van der Waals surface area contributed by atoms with E-state index >= 15 is 0 Å². The Hall–Kier alpha value is -1.52. The van der Waals surface area contributed by atoms with Gasteiger partial charge in [0.1, 0.15) is 17.6 Å². The van der Waals surface area contributed by atoms with Crippen LogP contribution >= 0.6 is 11.3 Å². The van der Waals surface area contributed by atoms with Crippen LogP contribution in [-0.4, -0.2) is 19.3 Å². The molecule has 1 N–H and O–H groups in total. The van der Waals surface area contributed by atoms with Crippen LogP contribution in [0.5, 0.6) is 11.5 Å². The van der Waals surface area contributed by atoms with Crippen LogP contribution in [0.1, 0.15) is 33.4 Å². The van der Waals surface area contributed by atoms with Gasteiger partial charge < -0.3 is 14.6 Å². The van der Waals surface area contributed by atoms with Gasteiger partial charge in [-0.1, -0.05) is 0 Å². The summed E-state index contributed by atoms with van der Waals surface area (Å²) in [6, 6.07) is 7.66. The predicted octanol–water partition coefficient (Wildman–Crippen LogP) is 3.34. The molecule has 1 aliphatic carbocycles. The van der Waals surface area contributed by atoms with Crippen LogP contribution in [0.3, 0.4) is 0 Å². The lowest BCUT2D eigenvalue weighted by molar-refractivity contribution is 0.218. The number of aliphatic hydroxyl groups excluding tert-OH is 1. The third-order valence-electron chi connectivity index (χ3n) is 3.77. The molecule has 1 atom stereocenters. The summed E-state index contributed by atoms with van der Waals surface area (Å²) in [4.78, 5) is 2.42. The van der Waals surface area contributed by atoms with E-state index in [-0.39, 0.29) is 0 Å². The van der Waals surface area contributed by atoms with Crippen molar-refractivity contribution in [2.45, 2.75) is 25.4 Å². The van der Waals surface area contributed by atoms with Crippen molar-refractivity contribution in [2.24, 2.45) is 0 Å². The van der Waals surface area contributed by atoms with Gasteiger partial charge in [-0.15, -0.1) is 11.3 Å². The minimum Gasteiger partial charge on any atom is -0.497 e. The second-order valence-electron chi connectivity index (χ2n) is 4.96. The van der Waals surface area contributed by atoms with Crippen LogP contribution in [0.2, 0.25) is 0 Å². The van der Waals surface area contributed by atoms with E-state index in [4.69, 9.17) is 9.47 Å². The van der Waals surface area contributed by atoms with Crippen LogP contribution in [0.4, 0.5) is 0 Å². The standard InChI is InChI=1S/C16H18O3S/c1-18-11-6-7-12(13(9-11)19-2)16(17)15-8-10-4-3-5-14(10)20-15/h6-9,16-17H,3-5H2,1-2H3. The molecule has 20 heavy (non-hydrogen) atoms. The molecule has 1 aromatic carbocycles. The molecule has 0 radical (unpaired) electrons. The van der Waals surface area contributed by atoms with Gasteiger partial charge in [0.25, 0.3) is 0 Å². The number of ether oxygens (including phenoxy) is 2. The highest BCUT2D eigenvalue weighted by molar-refractivity contribution is 7.12. The van der Waals surface area contributed by atoms with Crippen LogP contribution < -0.4 is 9.47 Å². The lowest BCUT2D eigenvalue weighted by atomic mass is 10.1. The van der Waals surface area contributed by atoms with Crippen molar-refractivity contribution in [3.8, 4) is 11.5 Å². The molecule has 0 fully saturated rings. The van der Waals surface area contributed by atoms with Crippen molar-refractivity contribution in [3.63, 3.8) is 0 Å². The van der Waals surface area contributed by atoms with Gasteiger partial charge in [-0.25, -0.2) is 0 Å². The summed E-state index contributed by atoms with van der Waals surface area (Å²) in [5.74, 6) is 1.39. The molecule has 1 unspecified atom stereocenters. The number of hydrogen-bond donors (Lipinski definition) is 1. The molecular weight excluding hydrogens is 272 g/mol. The number of fused-ring (bicyclic) bond motifs is 1. The molecule has 3 rings (SSSR count). The van der Waals surface area contributed by atoms with Crippen LogP contribution in [0.25, 0.3) is 0 Å². The van der Waals surface area contributed by atoms with Crippen molar-refractivity contribution in [1.82, 2.24) is 0 Å². The molecule has 0 spiro atoms. The summed E-state index contributed by atoms with van der Waals surface area (Å²) in [6.07, 6.45) is 2.89. The Labute approximate surface area is 122 Å². The fourth-order valence-electron chi connectivity index (χ4n) is 2.68. The Morgan fingerprint density at radius 2 is 2.00 bits per heavy atom. The first-order valence-corrected chi connectivity index (χ1v) is 7.56. The predicted molar refractivity (Wildman–Crippen MR) is 80.0 cm³/mol. The van der Waals surface area contributed by atoms with Gasteiger partial charge in [0, 0.05) is 21.4 Å². The molecular formula is C16H18O3S. The first kappa shape index (κ1) is 13.5. The number of rotatable bonds is 4. The molecule has 0 aliphatic heterocycles. The first-order valence-electron chi connectivity index (χ1n) is 6.74. The second-order valence-corrected chi connectivity index (χ2v) is 6.13. The van der Waals surface area contributed by atoms with Crippen molar-refractivity contribution in [3.05, 3.63) is 45.1 Å².